The zero-order chi connectivity index (χ0) is 30.3. The summed E-state index contributed by atoms with van der Waals surface area (Å²) in [6.07, 6.45) is 0. The number of amides is 2. The largest absolute Gasteiger partial charge is 0.494 e. The van der Waals surface area contributed by atoms with E-state index in [-0.39, 0.29) is 23.1 Å². The van der Waals surface area contributed by atoms with E-state index in [2.05, 4.69) is 36.8 Å². The van der Waals surface area contributed by atoms with Crippen LogP contribution in [-0.2, 0) is 21.4 Å². The van der Waals surface area contributed by atoms with Crippen LogP contribution in [0, 0.1) is 0 Å². The smallest absolute Gasteiger partial charge is 0.251 e. The third kappa shape index (κ3) is 7.76. The lowest BCUT2D eigenvalue weighted by Gasteiger charge is -2.12. The Kier molecular flexibility index (Phi) is 10.4. The van der Waals surface area contributed by atoms with E-state index in [1.807, 2.05) is 31.2 Å². The molecule has 0 fully saturated rings. The molecule has 0 unspecified atom stereocenters. The van der Waals surface area contributed by atoms with Crippen molar-refractivity contribution < 1.29 is 22.7 Å². The third-order valence-corrected chi connectivity index (χ3v) is 9.16. The van der Waals surface area contributed by atoms with E-state index < -0.39 is 15.9 Å². The van der Waals surface area contributed by atoms with E-state index in [0.717, 1.165) is 20.2 Å². The number of hydrogen-bond acceptors (Lipinski definition) is 8. The van der Waals surface area contributed by atoms with Crippen LogP contribution in [0.1, 0.15) is 23.1 Å². The molecule has 0 aliphatic heterocycles. The molecule has 0 saturated carbocycles. The van der Waals surface area contributed by atoms with Gasteiger partial charge in [-0.05, 0) is 79.7 Å². The summed E-state index contributed by atoms with van der Waals surface area (Å²) in [5, 5.41) is 14.7. The van der Waals surface area contributed by atoms with Crippen LogP contribution in [0.5, 0.6) is 5.75 Å². The first-order chi connectivity index (χ1) is 20.1. The Morgan fingerprint density at radius 1 is 0.976 bits per heavy atom. The minimum atomic E-state index is -3.60. The van der Waals surface area contributed by atoms with E-state index >= 15 is 0 Å². The van der Waals surface area contributed by atoms with Crippen LogP contribution in [0.25, 0.3) is 5.69 Å². The van der Waals surface area contributed by atoms with Gasteiger partial charge in [0, 0.05) is 35.5 Å². The summed E-state index contributed by atoms with van der Waals surface area (Å²) < 4.78 is 33.8. The predicted molar refractivity (Wildman–Crippen MR) is 165 cm³/mol. The number of rotatable bonds is 12. The molecule has 0 aliphatic carbocycles. The highest BCUT2D eigenvalue weighted by Crippen LogP contribution is 2.24. The second-order valence-corrected chi connectivity index (χ2v) is 13.0. The lowest BCUT2D eigenvalue weighted by atomic mass is 10.2. The molecule has 14 heteroatoms. The van der Waals surface area contributed by atoms with Crippen molar-refractivity contribution in [3.8, 4) is 11.4 Å². The summed E-state index contributed by atoms with van der Waals surface area (Å²) in [4.78, 5) is 25.6. The molecule has 220 valence electrons. The first-order valence-electron chi connectivity index (χ1n) is 12.7. The number of ether oxygens (including phenoxy) is 1. The number of sulfonamides is 1. The summed E-state index contributed by atoms with van der Waals surface area (Å²) in [5.41, 5.74) is 1.69. The first-order valence-corrected chi connectivity index (χ1v) is 16.0. The number of benzene rings is 3. The Hall–Kier alpha value is -3.72. The molecule has 0 radical (unpaired) electrons. The number of thioether (sulfide) groups is 1. The molecule has 11 nitrogen and oxygen atoms in total. The van der Waals surface area contributed by atoms with Crippen molar-refractivity contribution in [3.63, 3.8) is 0 Å². The van der Waals surface area contributed by atoms with Crippen molar-refractivity contribution in [2.45, 2.75) is 23.5 Å². The number of nitrogens with zero attached hydrogens (tertiary/aromatic N) is 4. The molecule has 2 N–H and O–H groups in total. The fraction of sp³-hybridized carbons (Fsp3) is 0.214. The maximum Gasteiger partial charge on any atom is 0.251 e. The quantitative estimate of drug-likeness (QED) is 0.212. The van der Waals surface area contributed by atoms with Crippen LogP contribution in [0.2, 0.25) is 0 Å². The van der Waals surface area contributed by atoms with Gasteiger partial charge in [-0.1, -0.05) is 27.7 Å². The molecule has 42 heavy (non-hydrogen) atoms. The van der Waals surface area contributed by atoms with E-state index in [1.54, 1.807) is 28.8 Å². The highest BCUT2D eigenvalue weighted by atomic mass is 79.9. The molecule has 0 bridgehead atoms. The molecule has 0 atom stereocenters. The monoisotopic (exact) mass is 672 g/mol. The van der Waals surface area contributed by atoms with E-state index in [9.17, 15) is 18.0 Å². The Labute approximate surface area is 256 Å². The molecule has 4 rings (SSSR count). The van der Waals surface area contributed by atoms with Crippen LogP contribution in [-0.4, -0.2) is 65.8 Å². The average Bonchev–Trinajstić information content (AvgIpc) is 3.39. The summed E-state index contributed by atoms with van der Waals surface area (Å²) in [5.74, 6) is 0.631. The number of carbonyl (C=O) groups excluding carboxylic acids is 2. The Morgan fingerprint density at radius 3 is 2.26 bits per heavy atom. The third-order valence-electron chi connectivity index (χ3n) is 5.87. The highest BCUT2D eigenvalue weighted by Gasteiger charge is 2.19. The van der Waals surface area contributed by atoms with Crippen molar-refractivity contribution in [1.82, 2.24) is 24.4 Å². The minimum absolute atomic E-state index is 0.0403. The van der Waals surface area contributed by atoms with Gasteiger partial charge in [-0.25, -0.2) is 12.7 Å². The topological polar surface area (TPSA) is 136 Å². The first kappa shape index (κ1) is 31.2. The number of hydrogen-bond donors (Lipinski definition) is 2. The van der Waals surface area contributed by atoms with Crippen LogP contribution in [0.4, 0.5) is 5.69 Å². The molecule has 2 amide bonds. The zero-order valence-corrected chi connectivity index (χ0v) is 26.3. The van der Waals surface area contributed by atoms with Gasteiger partial charge in [-0.2, -0.15) is 0 Å². The van der Waals surface area contributed by atoms with Crippen molar-refractivity contribution in [1.29, 1.82) is 0 Å². The SMILES string of the molecule is CCOc1ccc(NC(=O)CSc2nnc(CNC(=O)c3ccc(S(=O)(=O)N(C)C)cc3)n2-c2ccc(Br)cc2)cc1. The standard InChI is InChI=1S/C28H29BrN6O5S2/c1-4-40-23-13-9-21(10-14-23)31-26(36)18-41-28-33-32-25(35(28)22-11-7-20(29)8-12-22)17-30-27(37)19-5-15-24(16-6-19)42(38,39)34(2)3/h5-16H,4,17-18H2,1-3H3,(H,30,37)(H,31,36). The number of carbonyl (C=O) groups is 2. The number of aromatic nitrogens is 3. The normalized spacial score (nSPS) is 11.4. The molecule has 3 aromatic carbocycles. The van der Waals surface area contributed by atoms with Gasteiger partial charge in [0.25, 0.3) is 5.91 Å². The molecule has 1 heterocycles. The summed E-state index contributed by atoms with van der Waals surface area (Å²) in [6, 6.07) is 20.3. The average molecular weight is 674 g/mol. The second-order valence-electron chi connectivity index (χ2n) is 9.00. The minimum Gasteiger partial charge on any atom is -0.494 e. The predicted octanol–water partition coefficient (Wildman–Crippen LogP) is 4.34. The van der Waals surface area contributed by atoms with Crippen LogP contribution in [0.15, 0.2) is 87.3 Å². The lowest BCUT2D eigenvalue weighted by molar-refractivity contribution is -0.113. The van der Waals surface area contributed by atoms with Crippen LogP contribution in [0.3, 0.4) is 0 Å². The molecule has 0 spiro atoms. The molecular weight excluding hydrogens is 644 g/mol. The Bertz CT molecular complexity index is 1640. The van der Waals surface area contributed by atoms with Crippen molar-refractivity contribution >= 4 is 55.2 Å². The molecule has 0 aliphatic rings. The molecular formula is C28H29BrN6O5S2. The Morgan fingerprint density at radius 2 is 1.64 bits per heavy atom. The zero-order valence-electron chi connectivity index (χ0n) is 23.1. The van der Waals surface area contributed by atoms with Crippen molar-refractivity contribution in [2.75, 3.05) is 31.8 Å². The van der Waals surface area contributed by atoms with E-state index in [1.165, 1.54) is 50.1 Å². The van der Waals surface area contributed by atoms with Gasteiger partial charge in [-0.3, -0.25) is 14.2 Å². The van der Waals surface area contributed by atoms with Gasteiger partial charge in [0.2, 0.25) is 15.9 Å². The summed E-state index contributed by atoms with van der Waals surface area (Å²) in [7, 11) is -0.718. The summed E-state index contributed by atoms with van der Waals surface area (Å²) >= 11 is 4.65. The maximum atomic E-state index is 12.9. The van der Waals surface area contributed by atoms with Gasteiger partial charge in [-0.15, -0.1) is 10.2 Å². The van der Waals surface area contributed by atoms with Crippen LogP contribution < -0.4 is 15.4 Å². The molecule has 4 aromatic rings. The Balaban J connectivity index is 1.46. The highest BCUT2D eigenvalue weighted by molar-refractivity contribution is 9.10. The van der Waals surface area contributed by atoms with E-state index in [4.69, 9.17) is 4.74 Å². The summed E-state index contributed by atoms with van der Waals surface area (Å²) in [6.45, 7) is 2.50. The van der Waals surface area contributed by atoms with Gasteiger partial charge in [0.15, 0.2) is 11.0 Å². The molecule has 0 saturated heterocycles. The van der Waals surface area contributed by atoms with Crippen molar-refractivity contribution in [2.24, 2.45) is 0 Å². The number of nitrogens with one attached hydrogen (secondary N) is 2. The molecule has 1 aromatic heterocycles. The van der Waals surface area contributed by atoms with Crippen LogP contribution >= 0.6 is 27.7 Å². The van der Waals surface area contributed by atoms with Gasteiger partial charge < -0.3 is 15.4 Å². The van der Waals surface area contributed by atoms with Gasteiger partial charge >= 0.3 is 0 Å². The fourth-order valence-corrected chi connectivity index (χ4v) is 5.67. The number of anilines is 1. The van der Waals surface area contributed by atoms with Crippen molar-refractivity contribution in [3.05, 3.63) is 88.7 Å². The number of halogens is 1. The van der Waals surface area contributed by atoms with E-state index in [0.29, 0.717) is 28.8 Å². The fourth-order valence-electron chi connectivity index (χ4n) is 3.74. The second kappa shape index (κ2) is 14.0. The van der Waals surface area contributed by atoms with Gasteiger partial charge in [0.05, 0.1) is 23.8 Å². The van der Waals surface area contributed by atoms with Gasteiger partial charge in [0.1, 0.15) is 5.75 Å². The lowest BCUT2D eigenvalue weighted by Crippen LogP contribution is -2.25. The maximum absolute atomic E-state index is 12.9.